The van der Waals surface area contributed by atoms with Crippen molar-refractivity contribution in [2.45, 2.75) is 11.3 Å². The number of hydrogen-bond acceptors (Lipinski definition) is 5. The van der Waals surface area contributed by atoms with Gasteiger partial charge in [0.15, 0.2) is 5.13 Å². The maximum atomic E-state index is 13.3. The van der Waals surface area contributed by atoms with Crippen LogP contribution in [0.5, 0.6) is 0 Å². The summed E-state index contributed by atoms with van der Waals surface area (Å²) in [6.45, 7) is 0. The molecule has 0 atom stereocenters. The number of carbonyl (C=O) groups excluding carboxylic acids is 2. The minimum atomic E-state index is -0.297. The Hall–Kier alpha value is -2.71. The second kappa shape index (κ2) is 7.50. The quantitative estimate of drug-likeness (QED) is 0.691. The summed E-state index contributed by atoms with van der Waals surface area (Å²) in [6, 6.07) is 11.6. The molecule has 136 valence electrons. The molecule has 1 aromatic heterocycles. The van der Waals surface area contributed by atoms with Crippen molar-refractivity contribution in [2.24, 2.45) is 0 Å². The van der Waals surface area contributed by atoms with Crippen molar-refractivity contribution in [3.63, 3.8) is 0 Å². The highest BCUT2D eigenvalue weighted by Gasteiger charge is 2.18. The number of carbonyl (C=O) groups is 2. The second-order valence-corrected chi connectivity index (χ2v) is 8.07. The molecule has 0 fully saturated rings. The molecule has 2 amide bonds. The first kappa shape index (κ1) is 17.7. The fourth-order valence-electron chi connectivity index (χ4n) is 2.69. The summed E-state index contributed by atoms with van der Waals surface area (Å²) in [7, 11) is 0. The standard InChI is InChI=1S/C19H14FN3O2S2/c20-13-3-1-2-11(6-13)7-14-9-21-19(27-14)23-18(25)12-4-5-16-15(8-12)22-17(24)10-26-16/h1-6,8-9H,7,10H2,(H,22,24)(H,21,23,25). The summed E-state index contributed by atoms with van der Waals surface area (Å²) in [6.07, 6.45) is 2.22. The third-order valence-electron chi connectivity index (χ3n) is 3.92. The zero-order valence-corrected chi connectivity index (χ0v) is 15.6. The highest BCUT2D eigenvalue weighted by Crippen LogP contribution is 2.32. The molecule has 2 N–H and O–H groups in total. The van der Waals surface area contributed by atoms with Gasteiger partial charge in [-0.05, 0) is 35.9 Å². The van der Waals surface area contributed by atoms with Gasteiger partial charge in [0.1, 0.15) is 5.82 Å². The highest BCUT2D eigenvalue weighted by molar-refractivity contribution is 8.00. The first-order valence-electron chi connectivity index (χ1n) is 8.14. The van der Waals surface area contributed by atoms with E-state index in [4.69, 9.17) is 0 Å². The molecular formula is C19H14FN3O2S2. The number of thioether (sulfide) groups is 1. The number of thiazole rings is 1. The van der Waals surface area contributed by atoms with Crippen LogP contribution in [0.15, 0.2) is 53.6 Å². The number of halogens is 1. The molecule has 0 saturated carbocycles. The van der Waals surface area contributed by atoms with Crippen LogP contribution in [-0.4, -0.2) is 22.6 Å². The van der Waals surface area contributed by atoms with Crippen molar-refractivity contribution in [3.05, 3.63) is 70.5 Å². The van der Waals surface area contributed by atoms with E-state index in [2.05, 4.69) is 15.6 Å². The molecule has 0 aliphatic carbocycles. The Kier molecular flexibility index (Phi) is 4.91. The molecule has 5 nitrogen and oxygen atoms in total. The maximum absolute atomic E-state index is 13.3. The number of nitrogens with zero attached hydrogens (tertiary/aromatic N) is 1. The summed E-state index contributed by atoms with van der Waals surface area (Å²) in [4.78, 5) is 30.1. The number of rotatable bonds is 4. The molecule has 0 bridgehead atoms. The molecule has 0 spiro atoms. The topological polar surface area (TPSA) is 71.1 Å². The van der Waals surface area contributed by atoms with Gasteiger partial charge in [-0.2, -0.15) is 0 Å². The Labute approximate surface area is 163 Å². The van der Waals surface area contributed by atoms with E-state index in [0.29, 0.717) is 28.6 Å². The monoisotopic (exact) mass is 399 g/mol. The molecule has 1 aliphatic rings. The third kappa shape index (κ3) is 4.17. The van der Waals surface area contributed by atoms with Gasteiger partial charge in [-0.1, -0.05) is 12.1 Å². The fourth-order valence-corrected chi connectivity index (χ4v) is 4.32. The predicted octanol–water partition coefficient (Wildman–Crippen LogP) is 4.17. The Bertz CT molecular complexity index is 1040. The van der Waals surface area contributed by atoms with Gasteiger partial charge >= 0.3 is 0 Å². The van der Waals surface area contributed by atoms with Crippen molar-refractivity contribution >= 4 is 45.7 Å². The average molecular weight is 399 g/mol. The highest BCUT2D eigenvalue weighted by atomic mass is 32.2. The Morgan fingerprint density at radius 1 is 1.26 bits per heavy atom. The van der Waals surface area contributed by atoms with E-state index in [1.165, 1.54) is 35.2 Å². The molecule has 2 aromatic carbocycles. The molecule has 3 aromatic rings. The van der Waals surface area contributed by atoms with Gasteiger partial charge in [-0.25, -0.2) is 9.37 Å². The van der Waals surface area contributed by atoms with E-state index in [1.807, 2.05) is 12.1 Å². The van der Waals surface area contributed by atoms with Crippen LogP contribution in [0.4, 0.5) is 15.2 Å². The van der Waals surface area contributed by atoms with Crippen LogP contribution in [0.3, 0.4) is 0 Å². The molecule has 1 aliphatic heterocycles. The first-order valence-corrected chi connectivity index (χ1v) is 9.94. The van der Waals surface area contributed by atoms with E-state index in [9.17, 15) is 14.0 Å². The predicted molar refractivity (Wildman–Crippen MR) is 105 cm³/mol. The number of benzene rings is 2. The SMILES string of the molecule is O=C1CSc2ccc(C(=O)Nc3ncc(Cc4cccc(F)c4)s3)cc2N1. The van der Waals surface area contributed by atoms with Gasteiger partial charge in [0.05, 0.1) is 11.4 Å². The maximum Gasteiger partial charge on any atom is 0.257 e. The average Bonchev–Trinajstić information content (AvgIpc) is 3.07. The van der Waals surface area contributed by atoms with Gasteiger partial charge in [0, 0.05) is 28.0 Å². The van der Waals surface area contributed by atoms with Gasteiger partial charge < -0.3 is 5.32 Å². The van der Waals surface area contributed by atoms with E-state index in [-0.39, 0.29) is 17.6 Å². The Balaban J connectivity index is 1.45. The summed E-state index contributed by atoms with van der Waals surface area (Å²) >= 11 is 2.79. The normalized spacial score (nSPS) is 13.0. The number of fused-ring (bicyclic) bond motifs is 1. The van der Waals surface area contributed by atoms with Crippen LogP contribution < -0.4 is 10.6 Å². The summed E-state index contributed by atoms with van der Waals surface area (Å²) in [5.74, 6) is -0.268. The van der Waals surface area contributed by atoms with Crippen LogP contribution in [0.2, 0.25) is 0 Å². The van der Waals surface area contributed by atoms with Crippen molar-refractivity contribution < 1.29 is 14.0 Å². The van der Waals surface area contributed by atoms with Crippen LogP contribution >= 0.6 is 23.1 Å². The number of nitrogens with one attached hydrogen (secondary N) is 2. The van der Waals surface area contributed by atoms with Crippen LogP contribution in [-0.2, 0) is 11.2 Å². The summed E-state index contributed by atoms with van der Waals surface area (Å²) in [5, 5.41) is 6.01. The lowest BCUT2D eigenvalue weighted by atomic mass is 10.1. The zero-order valence-electron chi connectivity index (χ0n) is 14.0. The number of hydrogen-bond donors (Lipinski definition) is 2. The van der Waals surface area contributed by atoms with Gasteiger partial charge in [-0.15, -0.1) is 23.1 Å². The third-order valence-corrected chi connectivity index (χ3v) is 5.90. The van der Waals surface area contributed by atoms with Crippen molar-refractivity contribution in [2.75, 3.05) is 16.4 Å². The zero-order chi connectivity index (χ0) is 18.8. The number of anilines is 2. The van der Waals surface area contributed by atoms with E-state index >= 15 is 0 Å². The molecule has 0 radical (unpaired) electrons. The fraction of sp³-hybridized carbons (Fsp3) is 0.105. The molecule has 27 heavy (non-hydrogen) atoms. The lowest BCUT2D eigenvalue weighted by Gasteiger charge is -2.16. The van der Waals surface area contributed by atoms with Gasteiger partial charge in [0.25, 0.3) is 5.91 Å². The largest absolute Gasteiger partial charge is 0.324 e. The minimum Gasteiger partial charge on any atom is -0.324 e. The minimum absolute atomic E-state index is 0.0769. The Morgan fingerprint density at radius 2 is 2.15 bits per heavy atom. The summed E-state index contributed by atoms with van der Waals surface area (Å²) < 4.78 is 13.3. The molecular weight excluding hydrogens is 385 g/mol. The van der Waals surface area contributed by atoms with Gasteiger partial charge in [-0.3, -0.25) is 14.9 Å². The lowest BCUT2D eigenvalue weighted by molar-refractivity contribution is -0.113. The summed E-state index contributed by atoms with van der Waals surface area (Å²) in [5.41, 5.74) is 1.94. The number of amides is 2. The van der Waals surface area contributed by atoms with Crippen LogP contribution in [0.1, 0.15) is 20.8 Å². The molecule has 2 heterocycles. The van der Waals surface area contributed by atoms with Crippen molar-refractivity contribution in [1.82, 2.24) is 4.98 Å². The van der Waals surface area contributed by atoms with Crippen molar-refractivity contribution in [1.29, 1.82) is 0 Å². The smallest absolute Gasteiger partial charge is 0.257 e. The molecule has 4 rings (SSSR count). The van der Waals surface area contributed by atoms with Crippen LogP contribution in [0.25, 0.3) is 0 Å². The van der Waals surface area contributed by atoms with E-state index in [1.54, 1.807) is 24.4 Å². The second-order valence-electron chi connectivity index (χ2n) is 5.94. The first-order chi connectivity index (χ1) is 13.1. The molecule has 0 saturated heterocycles. The van der Waals surface area contributed by atoms with E-state index in [0.717, 1.165) is 15.3 Å². The molecule has 0 unspecified atom stereocenters. The van der Waals surface area contributed by atoms with Crippen LogP contribution in [0, 0.1) is 5.82 Å². The molecule has 8 heteroatoms. The Morgan fingerprint density at radius 3 is 3.00 bits per heavy atom. The van der Waals surface area contributed by atoms with Crippen molar-refractivity contribution in [3.8, 4) is 0 Å². The van der Waals surface area contributed by atoms with Gasteiger partial charge in [0.2, 0.25) is 5.91 Å². The number of aromatic nitrogens is 1. The van der Waals surface area contributed by atoms with E-state index < -0.39 is 0 Å². The lowest BCUT2D eigenvalue weighted by Crippen LogP contribution is -2.19.